The number of H-pyrrole nitrogens is 1. The zero-order valence-electron chi connectivity index (χ0n) is 9.90. The second-order valence-electron chi connectivity index (χ2n) is 3.94. The summed E-state index contributed by atoms with van der Waals surface area (Å²) in [5.41, 5.74) is 0.102. The van der Waals surface area contributed by atoms with Crippen LogP contribution in [0, 0.1) is 10.1 Å². The molecule has 2 N–H and O–H groups in total. The largest absolute Gasteiger partial charge is 0.351 e. The average Bonchev–Trinajstić information content (AvgIpc) is 2.73. The lowest BCUT2D eigenvalue weighted by atomic mass is 10.3. The summed E-state index contributed by atoms with van der Waals surface area (Å²) in [5, 5.41) is 13.1. The Morgan fingerprint density at radius 3 is 2.82 bits per heavy atom. The smallest absolute Gasteiger partial charge is 0.287 e. The first-order chi connectivity index (χ1) is 8.00. The normalized spacial score (nSPS) is 10.5. The molecule has 1 aromatic heterocycles. The summed E-state index contributed by atoms with van der Waals surface area (Å²) >= 11 is 0. The van der Waals surface area contributed by atoms with Crippen molar-refractivity contribution in [1.29, 1.82) is 0 Å². The van der Waals surface area contributed by atoms with Crippen molar-refractivity contribution in [1.82, 2.24) is 15.2 Å². The Morgan fingerprint density at radius 2 is 2.29 bits per heavy atom. The van der Waals surface area contributed by atoms with E-state index in [2.05, 4.69) is 10.3 Å². The summed E-state index contributed by atoms with van der Waals surface area (Å²) in [6, 6.07) is 1.22. The summed E-state index contributed by atoms with van der Waals surface area (Å²) in [4.78, 5) is 26.0. The number of carbonyl (C=O) groups is 1. The molecule has 7 nitrogen and oxygen atoms in total. The maximum absolute atomic E-state index is 11.5. The number of amides is 1. The molecule has 0 aromatic carbocycles. The van der Waals surface area contributed by atoms with Gasteiger partial charge < -0.3 is 15.2 Å². The predicted octanol–water partition coefficient (Wildman–Crippen LogP) is 0.604. The molecule has 0 aliphatic carbocycles. The van der Waals surface area contributed by atoms with E-state index in [1.54, 1.807) is 0 Å². The number of nitrogens with one attached hydrogen (secondary N) is 2. The average molecular weight is 240 g/mol. The van der Waals surface area contributed by atoms with Crippen LogP contribution in [0.1, 0.15) is 16.9 Å². The van der Waals surface area contributed by atoms with E-state index in [-0.39, 0.29) is 17.3 Å². The monoisotopic (exact) mass is 240 g/mol. The Hall–Kier alpha value is -1.89. The van der Waals surface area contributed by atoms with Gasteiger partial charge in [-0.25, -0.2) is 0 Å². The number of nitrogens with zero attached hydrogens (tertiary/aromatic N) is 2. The molecule has 0 aliphatic rings. The minimum atomic E-state index is -0.542. The number of rotatable bonds is 6. The lowest BCUT2D eigenvalue weighted by Crippen LogP contribution is -2.27. The van der Waals surface area contributed by atoms with Crippen molar-refractivity contribution in [3.8, 4) is 0 Å². The van der Waals surface area contributed by atoms with Crippen LogP contribution in [0.15, 0.2) is 12.3 Å². The predicted molar refractivity (Wildman–Crippen MR) is 63.0 cm³/mol. The SMILES string of the molecule is CN(C)CCCNC(=O)c1cc([N+](=O)[O-])c[nH]1. The van der Waals surface area contributed by atoms with Gasteiger partial charge in [0.15, 0.2) is 0 Å². The summed E-state index contributed by atoms with van der Waals surface area (Å²) < 4.78 is 0. The van der Waals surface area contributed by atoms with E-state index in [9.17, 15) is 14.9 Å². The van der Waals surface area contributed by atoms with E-state index in [1.165, 1.54) is 12.3 Å². The molecule has 0 radical (unpaired) electrons. The second kappa shape index (κ2) is 6.00. The first-order valence-corrected chi connectivity index (χ1v) is 5.26. The van der Waals surface area contributed by atoms with Crippen molar-refractivity contribution in [2.75, 3.05) is 27.2 Å². The van der Waals surface area contributed by atoms with Gasteiger partial charge in [0.2, 0.25) is 0 Å². The molecular weight excluding hydrogens is 224 g/mol. The molecule has 94 valence electrons. The van der Waals surface area contributed by atoms with Crippen LogP contribution in [0.25, 0.3) is 0 Å². The highest BCUT2D eigenvalue weighted by atomic mass is 16.6. The Labute approximate surface area is 99.0 Å². The summed E-state index contributed by atoms with van der Waals surface area (Å²) in [6.45, 7) is 1.43. The summed E-state index contributed by atoms with van der Waals surface area (Å²) in [6.07, 6.45) is 2.04. The van der Waals surface area contributed by atoms with Crippen LogP contribution in [0.2, 0.25) is 0 Å². The summed E-state index contributed by atoms with van der Waals surface area (Å²) in [5.74, 6) is -0.322. The van der Waals surface area contributed by atoms with Gasteiger partial charge in [0.1, 0.15) is 5.69 Å². The molecule has 7 heteroatoms. The molecule has 0 fully saturated rings. The maximum Gasteiger partial charge on any atom is 0.287 e. The van der Waals surface area contributed by atoms with Gasteiger partial charge >= 0.3 is 0 Å². The van der Waals surface area contributed by atoms with E-state index in [4.69, 9.17) is 0 Å². The van der Waals surface area contributed by atoms with Gasteiger partial charge in [0.25, 0.3) is 11.6 Å². The van der Waals surface area contributed by atoms with Gasteiger partial charge in [-0.3, -0.25) is 14.9 Å². The van der Waals surface area contributed by atoms with Crippen molar-refractivity contribution in [3.05, 3.63) is 28.1 Å². The van der Waals surface area contributed by atoms with Gasteiger partial charge in [-0.1, -0.05) is 0 Å². The molecule has 0 spiro atoms. The van der Waals surface area contributed by atoms with E-state index >= 15 is 0 Å². The molecule has 0 atom stereocenters. The van der Waals surface area contributed by atoms with Crippen molar-refractivity contribution >= 4 is 11.6 Å². The number of aromatic amines is 1. The third kappa shape index (κ3) is 4.23. The zero-order chi connectivity index (χ0) is 12.8. The fraction of sp³-hybridized carbons (Fsp3) is 0.500. The molecule has 0 saturated heterocycles. The standard InChI is InChI=1S/C10H16N4O3/c1-13(2)5-3-4-11-10(15)9-6-8(7-12-9)14(16)17/h6-7,12H,3-5H2,1-2H3,(H,11,15). The van der Waals surface area contributed by atoms with Crippen LogP contribution in [-0.4, -0.2) is 47.9 Å². The lowest BCUT2D eigenvalue weighted by Gasteiger charge is -2.09. The number of carbonyl (C=O) groups excluding carboxylic acids is 1. The Bertz CT molecular complexity index is 400. The van der Waals surface area contributed by atoms with Gasteiger partial charge in [-0.05, 0) is 27.1 Å². The Kier molecular flexibility index (Phi) is 4.65. The molecule has 0 bridgehead atoms. The zero-order valence-corrected chi connectivity index (χ0v) is 9.90. The van der Waals surface area contributed by atoms with Crippen molar-refractivity contribution in [2.45, 2.75) is 6.42 Å². The molecule has 0 aliphatic heterocycles. The Balaban J connectivity index is 2.39. The molecule has 1 heterocycles. The van der Waals surface area contributed by atoms with Gasteiger partial charge in [0, 0.05) is 12.6 Å². The molecular formula is C10H16N4O3. The van der Waals surface area contributed by atoms with E-state index in [0.717, 1.165) is 13.0 Å². The molecule has 1 rings (SSSR count). The molecule has 1 aromatic rings. The van der Waals surface area contributed by atoms with Crippen LogP contribution in [-0.2, 0) is 0 Å². The lowest BCUT2D eigenvalue weighted by molar-refractivity contribution is -0.384. The highest BCUT2D eigenvalue weighted by molar-refractivity contribution is 5.93. The molecule has 17 heavy (non-hydrogen) atoms. The van der Waals surface area contributed by atoms with Crippen LogP contribution < -0.4 is 5.32 Å². The van der Waals surface area contributed by atoms with Gasteiger partial charge in [-0.2, -0.15) is 0 Å². The first kappa shape index (κ1) is 13.2. The van der Waals surface area contributed by atoms with E-state index < -0.39 is 4.92 Å². The number of hydrogen-bond acceptors (Lipinski definition) is 4. The second-order valence-corrected chi connectivity index (χ2v) is 3.94. The number of aromatic nitrogens is 1. The first-order valence-electron chi connectivity index (χ1n) is 5.26. The Morgan fingerprint density at radius 1 is 1.59 bits per heavy atom. The molecule has 0 saturated carbocycles. The van der Waals surface area contributed by atoms with Crippen LogP contribution in [0.3, 0.4) is 0 Å². The number of nitro groups is 1. The molecule has 0 unspecified atom stereocenters. The molecule has 1 amide bonds. The van der Waals surface area contributed by atoms with Gasteiger partial charge in [-0.15, -0.1) is 0 Å². The van der Waals surface area contributed by atoms with Crippen molar-refractivity contribution in [3.63, 3.8) is 0 Å². The highest BCUT2D eigenvalue weighted by Crippen LogP contribution is 2.11. The maximum atomic E-state index is 11.5. The third-order valence-electron chi connectivity index (χ3n) is 2.19. The van der Waals surface area contributed by atoms with Crippen molar-refractivity contribution < 1.29 is 9.72 Å². The fourth-order valence-electron chi connectivity index (χ4n) is 1.31. The minimum absolute atomic E-state index is 0.108. The minimum Gasteiger partial charge on any atom is -0.351 e. The fourth-order valence-corrected chi connectivity index (χ4v) is 1.31. The third-order valence-corrected chi connectivity index (χ3v) is 2.19. The summed E-state index contributed by atoms with van der Waals surface area (Å²) in [7, 11) is 3.91. The topological polar surface area (TPSA) is 91.3 Å². The quantitative estimate of drug-likeness (QED) is 0.433. The number of hydrogen-bond donors (Lipinski definition) is 2. The van der Waals surface area contributed by atoms with Crippen LogP contribution in [0.4, 0.5) is 5.69 Å². The van der Waals surface area contributed by atoms with E-state index in [0.29, 0.717) is 6.54 Å². The van der Waals surface area contributed by atoms with E-state index in [1.807, 2.05) is 19.0 Å². The van der Waals surface area contributed by atoms with Crippen LogP contribution in [0.5, 0.6) is 0 Å². The van der Waals surface area contributed by atoms with Crippen molar-refractivity contribution in [2.24, 2.45) is 0 Å². The highest BCUT2D eigenvalue weighted by Gasteiger charge is 2.13. The van der Waals surface area contributed by atoms with Gasteiger partial charge in [0.05, 0.1) is 11.1 Å². The van der Waals surface area contributed by atoms with Crippen LogP contribution >= 0.6 is 0 Å².